The number of nitrogens with one attached hydrogen (secondary N) is 1. The molecule has 0 radical (unpaired) electrons. The summed E-state index contributed by atoms with van der Waals surface area (Å²) in [6, 6.07) is 7.65. The van der Waals surface area contributed by atoms with Gasteiger partial charge in [-0.15, -0.1) is 0 Å². The minimum atomic E-state index is -0.672. The Morgan fingerprint density at radius 3 is 2.53 bits per heavy atom. The van der Waals surface area contributed by atoms with Crippen molar-refractivity contribution in [2.45, 2.75) is 39.2 Å². The predicted octanol–water partition coefficient (Wildman–Crippen LogP) is 2.83. The largest absolute Gasteiger partial charge is 0.388 e. The third kappa shape index (κ3) is 3.47. The Balaban J connectivity index is 2.79. The molecule has 1 aromatic rings. The van der Waals surface area contributed by atoms with E-state index in [1.54, 1.807) is 6.07 Å². The van der Waals surface area contributed by atoms with E-state index >= 15 is 0 Å². The molecule has 92 valence electrons. The number of benzene rings is 1. The van der Waals surface area contributed by atoms with Crippen LogP contribution >= 0.6 is 0 Å². The predicted molar refractivity (Wildman–Crippen MR) is 69.9 cm³/mol. The summed E-state index contributed by atoms with van der Waals surface area (Å²) in [6.07, 6.45) is 1.43. The molecule has 0 bridgehead atoms. The summed E-state index contributed by atoms with van der Waals surface area (Å²) in [7, 11) is 0. The smallest absolute Gasteiger partial charge is 0.0992 e. The first-order valence-electron chi connectivity index (χ1n) is 6.01. The highest BCUT2D eigenvalue weighted by molar-refractivity contribution is 5.55. The van der Waals surface area contributed by atoms with Crippen LogP contribution in [-0.2, 0) is 0 Å². The third-order valence-electron chi connectivity index (χ3n) is 3.29. The van der Waals surface area contributed by atoms with E-state index in [1.807, 2.05) is 32.9 Å². The minimum Gasteiger partial charge on any atom is -0.388 e. The van der Waals surface area contributed by atoms with E-state index in [1.165, 1.54) is 0 Å². The van der Waals surface area contributed by atoms with Crippen LogP contribution in [0.25, 0.3) is 0 Å². The Morgan fingerprint density at radius 2 is 2.00 bits per heavy atom. The molecule has 0 aliphatic carbocycles. The molecule has 17 heavy (non-hydrogen) atoms. The lowest BCUT2D eigenvalue weighted by Gasteiger charge is -2.26. The molecule has 2 N–H and O–H groups in total. The van der Waals surface area contributed by atoms with Crippen LogP contribution in [0.4, 0.5) is 5.69 Å². The Labute approximate surface area is 103 Å². The molecule has 0 aromatic heterocycles. The Kier molecular flexibility index (Phi) is 4.53. The topological polar surface area (TPSA) is 56.0 Å². The van der Waals surface area contributed by atoms with Gasteiger partial charge in [0.1, 0.15) is 0 Å². The summed E-state index contributed by atoms with van der Waals surface area (Å²) in [5.74, 6) is 0. The standard InChI is InChI=1S/C14H20N2O/c1-4-14(17,5-2)10-16-13-8-12(9-15)7-6-11(13)3/h6-8,16-17H,4-5,10H2,1-3H3. The van der Waals surface area contributed by atoms with Crippen LogP contribution in [0.5, 0.6) is 0 Å². The van der Waals surface area contributed by atoms with Crippen LogP contribution in [0.3, 0.4) is 0 Å². The van der Waals surface area contributed by atoms with Crippen molar-refractivity contribution in [3.8, 4) is 6.07 Å². The Bertz CT molecular complexity index is 417. The average molecular weight is 232 g/mol. The molecular formula is C14H20N2O. The third-order valence-corrected chi connectivity index (χ3v) is 3.29. The Hall–Kier alpha value is -1.53. The fraction of sp³-hybridized carbons (Fsp3) is 0.500. The molecular weight excluding hydrogens is 212 g/mol. The summed E-state index contributed by atoms with van der Waals surface area (Å²) in [4.78, 5) is 0. The van der Waals surface area contributed by atoms with Crippen molar-refractivity contribution < 1.29 is 5.11 Å². The van der Waals surface area contributed by atoms with Gasteiger partial charge in [0.25, 0.3) is 0 Å². The fourth-order valence-corrected chi connectivity index (χ4v) is 1.64. The SMILES string of the molecule is CCC(O)(CC)CNc1cc(C#N)ccc1C. The second kappa shape index (κ2) is 5.70. The van der Waals surface area contributed by atoms with E-state index in [2.05, 4.69) is 11.4 Å². The van der Waals surface area contributed by atoms with Crippen molar-refractivity contribution in [1.82, 2.24) is 0 Å². The molecule has 0 saturated carbocycles. The summed E-state index contributed by atoms with van der Waals surface area (Å²) < 4.78 is 0. The van der Waals surface area contributed by atoms with Gasteiger partial charge in [-0.2, -0.15) is 5.26 Å². The van der Waals surface area contributed by atoms with Gasteiger partial charge in [0.15, 0.2) is 0 Å². The molecule has 0 atom stereocenters. The molecule has 0 fully saturated rings. The fourth-order valence-electron chi connectivity index (χ4n) is 1.64. The molecule has 1 aromatic carbocycles. The monoisotopic (exact) mass is 232 g/mol. The Morgan fingerprint density at radius 1 is 1.35 bits per heavy atom. The zero-order valence-electron chi connectivity index (χ0n) is 10.7. The van der Waals surface area contributed by atoms with Crippen LogP contribution < -0.4 is 5.32 Å². The van der Waals surface area contributed by atoms with E-state index in [0.717, 1.165) is 11.3 Å². The number of hydrogen-bond donors (Lipinski definition) is 2. The van der Waals surface area contributed by atoms with Crippen LogP contribution in [0.2, 0.25) is 0 Å². The number of nitriles is 1. The van der Waals surface area contributed by atoms with Gasteiger partial charge in [-0.3, -0.25) is 0 Å². The lowest BCUT2D eigenvalue weighted by Crippen LogP contribution is -2.35. The molecule has 0 amide bonds. The number of hydrogen-bond acceptors (Lipinski definition) is 3. The van der Waals surface area contributed by atoms with Gasteiger partial charge in [0.05, 0.1) is 17.2 Å². The lowest BCUT2D eigenvalue weighted by molar-refractivity contribution is 0.0457. The van der Waals surface area contributed by atoms with Crippen LogP contribution in [0.15, 0.2) is 18.2 Å². The second-order valence-electron chi connectivity index (χ2n) is 4.43. The maximum atomic E-state index is 10.2. The van der Waals surface area contributed by atoms with Crippen LogP contribution in [-0.4, -0.2) is 17.3 Å². The highest BCUT2D eigenvalue weighted by atomic mass is 16.3. The van der Waals surface area contributed by atoms with Gasteiger partial charge >= 0.3 is 0 Å². The number of rotatable bonds is 5. The zero-order valence-corrected chi connectivity index (χ0v) is 10.7. The molecule has 0 aliphatic rings. The van der Waals surface area contributed by atoms with E-state index in [9.17, 15) is 5.11 Å². The number of aryl methyl sites for hydroxylation is 1. The lowest BCUT2D eigenvalue weighted by atomic mass is 9.97. The van der Waals surface area contributed by atoms with Gasteiger partial charge < -0.3 is 10.4 Å². The minimum absolute atomic E-state index is 0.510. The molecule has 0 heterocycles. The highest BCUT2D eigenvalue weighted by Crippen LogP contribution is 2.20. The second-order valence-corrected chi connectivity index (χ2v) is 4.43. The maximum absolute atomic E-state index is 10.2. The van der Waals surface area contributed by atoms with E-state index in [-0.39, 0.29) is 0 Å². The highest BCUT2D eigenvalue weighted by Gasteiger charge is 2.21. The first-order chi connectivity index (χ1) is 8.04. The van der Waals surface area contributed by atoms with Crippen molar-refractivity contribution in [2.75, 3.05) is 11.9 Å². The van der Waals surface area contributed by atoms with E-state index in [4.69, 9.17) is 5.26 Å². The number of nitrogens with zero attached hydrogens (tertiary/aromatic N) is 1. The van der Waals surface area contributed by atoms with Gasteiger partial charge in [0, 0.05) is 12.2 Å². The normalized spacial score (nSPS) is 11.0. The number of anilines is 1. The summed E-state index contributed by atoms with van der Waals surface area (Å²) >= 11 is 0. The quantitative estimate of drug-likeness (QED) is 0.820. The molecule has 3 heteroatoms. The first kappa shape index (κ1) is 13.5. The van der Waals surface area contributed by atoms with Crippen molar-refractivity contribution in [3.05, 3.63) is 29.3 Å². The van der Waals surface area contributed by atoms with Gasteiger partial charge in [0.2, 0.25) is 0 Å². The van der Waals surface area contributed by atoms with Crippen molar-refractivity contribution in [3.63, 3.8) is 0 Å². The maximum Gasteiger partial charge on any atom is 0.0992 e. The van der Waals surface area contributed by atoms with Crippen molar-refractivity contribution >= 4 is 5.69 Å². The van der Waals surface area contributed by atoms with Crippen LogP contribution in [0, 0.1) is 18.3 Å². The number of aliphatic hydroxyl groups is 1. The van der Waals surface area contributed by atoms with E-state index < -0.39 is 5.60 Å². The van der Waals surface area contributed by atoms with Crippen molar-refractivity contribution in [2.24, 2.45) is 0 Å². The molecule has 0 saturated heterocycles. The average Bonchev–Trinajstić information content (AvgIpc) is 2.37. The first-order valence-corrected chi connectivity index (χ1v) is 6.01. The van der Waals surface area contributed by atoms with Crippen molar-refractivity contribution in [1.29, 1.82) is 5.26 Å². The summed E-state index contributed by atoms with van der Waals surface area (Å²) in [5.41, 5.74) is 1.97. The molecule has 0 unspecified atom stereocenters. The summed E-state index contributed by atoms with van der Waals surface area (Å²) in [6.45, 7) is 6.45. The van der Waals surface area contributed by atoms with Gasteiger partial charge in [-0.05, 0) is 37.5 Å². The zero-order chi connectivity index (χ0) is 12.9. The molecule has 3 nitrogen and oxygen atoms in total. The molecule has 1 rings (SSSR count). The van der Waals surface area contributed by atoms with Crippen LogP contribution in [0.1, 0.15) is 37.8 Å². The molecule has 0 spiro atoms. The summed E-state index contributed by atoms with van der Waals surface area (Å²) in [5, 5.41) is 22.3. The van der Waals surface area contributed by atoms with Gasteiger partial charge in [-0.1, -0.05) is 19.9 Å². The van der Waals surface area contributed by atoms with E-state index in [0.29, 0.717) is 24.9 Å². The molecule has 0 aliphatic heterocycles. The van der Waals surface area contributed by atoms with Gasteiger partial charge in [-0.25, -0.2) is 0 Å².